The largest absolute Gasteiger partial charge is 0.393 e. The maximum atomic E-state index is 9.68. The van der Waals surface area contributed by atoms with Crippen LogP contribution in [0.1, 0.15) is 107 Å². The van der Waals surface area contributed by atoms with Gasteiger partial charge >= 0.3 is 0 Å². The van der Waals surface area contributed by atoms with Gasteiger partial charge in [0.2, 0.25) is 0 Å². The van der Waals surface area contributed by atoms with E-state index in [9.17, 15) is 5.11 Å². The Hall–Kier alpha value is -0.820. The lowest BCUT2D eigenvalue weighted by Gasteiger charge is -2.29. The van der Waals surface area contributed by atoms with Gasteiger partial charge in [-0.15, -0.1) is 0 Å². The first kappa shape index (κ1) is 18.0. The van der Waals surface area contributed by atoms with Gasteiger partial charge in [0, 0.05) is 0 Å². The van der Waals surface area contributed by atoms with E-state index in [4.69, 9.17) is 0 Å². The third-order valence-electron chi connectivity index (χ3n) is 6.64. The molecule has 0 radical (unpaired) electrons. The van der Waals surface area contributed by atoms with E-state index in [-0.39, 0.29) is 6.10 Å². The van der Waals surface area contributed by atoms with Gasteiger partial charge < -0.3 is 5.11 Å². The summed E-state index contributed by atoms with van der Waals surface area (Å²) in [7, 11) is 0. The monoisotopic (exact) mass is 328 g/mol. The highest BCUT2D eigenvalue weighted by Crippen LogP contribution is 2.39. The highest BCUT2D eigenvalue weighted by molar-refractivity contribution is 5.28. The molecule has 2 saturated carbocycles. The van der Waals surface area contributed by atoms with Crippen molar-refractivity contribution in [2.24, 2.45) is 5.92 Å². The molecular weight excluding hydrogens is 292 g/mol. The van der Waals surface area contributed by atoms with Gasteiger partial charge in [0.1, 0.15) is 0 Å². The Bertz CT molecular complexity index is 461. The summed E-state index contributed by atoms with van der Waals surface area (Å²) in [6.45, 7) is 2.30. The summed E-state index contributed by atoms with van der Waals surface area (Å²) in [5.74, 6) is 2.48. The minimum absolute atomic E-state index is 0.0481. The molecular formula is C23H36O. The predicted molar refractivity (Wildman–Crippen MR) is 102 cm³/mol. The van der Waals surface area contributed by atoms with E-state index in [1.807, 2.05) is 0 Å². The SMILES string of the molecule is CCCCCC1CCC(c2ccc(C3CCC(O)CC3)cc2)CC1. The van der Waals surface area contributed by atoms with Gasteiger partial charge in [-0.3, -0.25) is 0 Å². The molecule has 0 unspecified atom stereocenters. The van der Waals surface area contributed by atoms with Gasteiger partial charge in [-0.2, -0.15) is 0 Å². The Morgan fingerprint density at radius 1 is 0.750 bits per heavy atom. The molecule has 1 aromatic rings. The van der Waals surface area contributed by atoms with Crippen LogP contribution in [0.15, 0.2) is 24.3 Å². The summed E-state index contributed by atoms with van der Waals surface area (Å²) in [5.41, 5.74) is 3.07. The highest BCUT2D eigenvalue weighted by atomic mass is 16.3. The zero-order chi connectivity index (χ0) is 16.8. The van der Waals surface area contributed by atoms with Crippen LogP contribution in [-0.4, -0.2) is 11.2 Å². The Labute approximate surface area is 148 Å². The zero-order valence-corrected chi connectivity index (χ0v) is 15.6. The number of rotatable bonds is 6. The van der Waals surface area contributed by atoms with Crippen LogP contribution in [0.25, 0.3) is 0 Å². The molecule has 0 saturated heterocycles. The van der Waals surface area contributed by atoms with Crippen molar-refractivity contribution in [1.29, 1.82) is 0 Å². The molecule has 2 aliphatic rings. The number of unbranched alkanes of at least 4 members (excludes halogenated alkanes) is 2. The second-order valence-corrected chi connectivity index (χ2v) is 8.39. The minimum atomic E-state index is -0.0481. The molecule has 0 spiro atoms. The molecule has 0 bridgehead atoms. The van der Waals surface area contributed by atoms with Gasteiger partial charge in [-0.1, -0.05) is 56.9 Å². The lowest BCUT2D eigenvalue weighted by Crippen LogP contribution is -2.17. The lowest BCUT2D eigenvalue weighted by atomic mass is 9.76. The molecule has 2 aliphatic carbocycles. The van der Waals surface area contributed by atoms with Gasteiger partial charge in [-0.05, 0) is 80.2 Å². The molecule has 1 N–H and O–H groups in total. The molecule has 1 nitrogen and oxygen atoms in total. The molecule has 1 heteroatoms. The predicted octanol–water partition coefficient (Wildman–Crippen LogP) is 6.56. The number of aliphatic hydroxyl groups is 1. The van der Waals surface area contributed by atoms with Crippen molar-refractivity contribution in [3.63, 3.8) is 0 Å². The van der Waals surface area contributed by atoms with Gasteiger partial charge in [0.05, 0.1) is 6.10 Å². The molecule has 0 aromatic heterocycles. The Balaban J connectivity index is 1.48. The zero-order valence-electron chi connectivity index (χ0n) is 15.6. The van der Waals surface area contributed by atoms with Crippen molar-refractivity contribution in [1.82, 2.24) is 0 Å². The summed E-state index contributed by atoms with van der Waals surface area (Å²) in [6, 6.07) is 9.57. The third kappa shape index (κ3) is 4.85. The van der Waals surface area contributed by atoms with Crippen LogP contribution in [0.4, 0.5) is 0 Å². The first-order chi connectivity index (χ1) is 11.8. The summed E-state index contributed by atoms with van der Waals surface area (Å²) in [6.07, 6.45) is 15.6. The van der Waals surface area contributed by atoms with Crippen LogP contribution >= 0.6 is 0 Å². The van der Waals surface area contributed by atoms with Crippen LogP contribution in [-0.2, 0) is 0 Å². The summed E-state index contributed by atoms with van der Waals surface area (Å²) in [4.78, 5) is 0. The fraction of sp³-hybridized carbons (Fsp3) is 0.739. The van der Waals surface area contributed by atoms with Crippen LogP contribution in [0.3, 0.4) is 0 Å². The van der Waals surface area contributed by atoms with Crippen molar-refractivity contribution in [3.05, 3.63) is 35.4 Å². The average Bonchev–Trinajstić information content (AvgIpc) is 2.63. The normalized spacial score (nSPS) is 31.1. The molecule has 0 amide bonds. The molecule has 0 aliphatic heterocycles. The Morgan fingerprint density at radius 2 is 1.25 bits per heavy atom. The molecule has 0 atom stereocenters. The summed E-state index contributed by atoms with van der Waals surface area (Å²) >= 11 is 0. The number of hydrogen-bond acceptors (Lipinski definition) is 1. The van der Waals surface area contributed by atoms with E-state index < -0.39 is 0 Å². The van der Waals surface area contributed by atoms with Crippen LogP contribution in [0.5, 0.6) is 0 Å². The van der Waals surface area contributed by atoms with Gasteiger partial charge in [-0.25, -0.2) is 0 Å². The highest BCUT2D eigenvalue weighted by Gasteiger charge is 2.23. The van der Waals surface area contributed by atoms with Crippen LogP contribution in [0, 0.1) is 5.92 Å². The summed E-state index contributed by atoms with van der Waals surface area (Å²) < 4.78 is 0. The first-order valence-electron chi connectivity index (χ1n) is 10.5. The quantitative estimate of drug-likeness (QED) is 0.586. The second-order valence-electron chi connectivity index (χ2n) is 8.39. The van der Waals surface area contributed by atoms with Crippen molar-refractivity contribution >= 4 is 0 Å². The number of hydrogen-bond donors (Lipinski definition) is 1. The van der Waals surface area contributed by atoms with Crippen LogP contribution in [0.2, 0.25) is 0 Å². The van der Waals surface area contributed by atoms with E-state index in [2.05, 4.69) is 31.2 Å². The van der Waals surface area contributed by atoms with E-state index in [1.165, 1.54) is 56.9 Å². The summed E-state index contributed by atoms with van der Waals surface area (Å²) in [5, 5.41) is 9.68. The number of aliphatic hydroxyl groups excluding tert-OH is 1. The molecule has 134 valence electrons. The van der Waals surface area contributed by atoms with Crippen LogP contribution < -0.4 is 0 Å². The van der Waals surface area contributed by atoms with Gasteiger partial charge in [0.25, 0.3) is 0 Å². The molecule has 2 fully saturated rings. The van der Waals surface area contributed by atoms with Crippen molar-refractivity contribution in [2.45, 2.75) is 102 Å². The van der Waals surface area contributed by atoms with Crippen molar-refractivity contribution < 1.29 is 5.11 Å². The molecule has 3 rings (SSSR count). The van der Waals surface area contributed by atoms with Gasteiger partial charge in [0.15, 0.2) is 0 Å². The fourth-order valence-corrected chi connectivity index (χ4v) is 4.92. The molecule has 0 heterocycles. The van der Waals surface area contributed by atoms with E-state index >= 15 is 0 Å². The fourth-order valence-electron chi connectivity index (χ4n) is 4.92. The average molecular weight is 329 g/mol. The third-order valence-corrected chi connectivity index (χ3v) is 6.64. The molecule has 24 heavy (non-hydrogen) atoms. The Kier molecular flexibility index (Phi) is 6.77. The first-order valence-corrected chi connectivity index (χ1v) is 10.5. The minimum Gasteiger partial charge on any atom is -0.393 e. The van der Waals surface area contributed by atoms with E-state index in [1.54, 1.807) is 5.56 Å². The lowest BCUT2D eigenvalue weighted by molar-refractivity contribution is 0.122. The van der Waals surface area contributed by atoms with Crippen molar-refractivity contribution in [2.75, 3.05) is 0 Å². The second kappa shape index (κ2) is 9.04. The van der Waals surface area contributed by atoms with E-state index in [0.29, 0.717) is 5.92 Å². The standard InChI is InChI=1S/C23H36O/c1-2-3-4-5-18-6-8-19(9-7-18)20-10-12-21(13-11-20)22-14-16-23(24)17-15-22/h10-13,18-19,22-24H,2-9,14-17H2,1H3. The Morgan fingerprint density at radius 3 is 1.75 bits per heavy atom. The maximum absolute atomic E-state index is 9.68. The molecule has 1 aromatic carbocycles. The maximum Gasteiger partial charge on any atom is 0.0540 e. The topological polar surface area (TPSA) is 20.2 Å². The van der Waals surface area contributed by atoms with E-state index in [0.717, 1.165) is 37.5 Å². The number of benzene rings is 1. The van der Waals surface area contributed by atoms with Crippen molar-refractivity contribution in [3.8, 4) is 0 Å². The smallest absolute Gasteiger partial charge is 0.0540 e.